The largest absolute Gasteiger partial charge is 0.400 e. The van der Waals surface area contributed by atoms with Crippen molar-refractivity contribution in [2.75, 3.05) is 6.54 Å². The van der Waals surface area contributed by atoms with Crippen LogP contribution in [0.1, 0.15) is 27.2 Å². The Bertz CT molecular complexity index is 971. The molecule has 0 aliphatic carbocycles. The molecule has 1 aromatic heterocycles. The van der Waals surface area contributed by atoms with Gasteiger partial charge in [-0.3, -0.25) is 9.36 Å². The highest BCUT2D eigenvalue weighted by atomic mass is 32.1. The van der Waals surface area contributed by atoms with E-state index < -0.39 is 29.6 Å². The lowest BCUT2D eigenvalue weighted by Gasteiger charge is -2.16. The van der Waals surface area contributed by atoms with Gasteiger partial charge in [-0.15, -0.1) is 11.3 Å². The predicted octanol–water partition coefficient (Wildman–Crippen LogP) is 2.64. The molecule has 0 saturated carbocycles. The molecule has 2 rings (SSSR count). The van der Waals surface area contributed by atoms with Crippen molar-refractivity contribution >= 4 is 34.9 Å². The first-order valence-corrected chi connectivity index (χ1v) is 9.12. The Kier molecular flexibility index (Phi) is 5.21. The number of carbonyl (C=O) groups is 1. The van der Waals surface area contributed by atoms with Gasteiger partial charge in [-0.1, -0.05) is 0 Å². The first-order chi connectivity index (χ1) is 11.6. The smallest absolute Gasteiger partial charge is 0.351 e. The monoisotopic (exact) mass is 385 g/mol. The Balaban J connectivity index is 2.54. The SMILES string of the molecule is N#CCCNC(=O)c1ccc2sc(C(F)(F)P(=O)(O)O)c(C#N)c2c1. The molecule has 0 unspecified atom stereocenters. The highest BCUT2D eigenvalue weighted by Gasteiger charge is 2.53. The fraction of sp³-hybridized carbons (Fsp3) is 0.214. The lowest BCUT2D eigenvalue weighted by Crippen LogP contribution is -2.24. The van der Waals surface area contributed by atoms with E-state index in [4.69, 9.17) is 15.0 Å². The van der Waals surface area contributed by atoms with Crippen LogP contribution in [0.4, 0.5) is 8.78 Å². The predicted molar refractivity (Wildman–Crippen MR) is 85.0 cm³/mol. The number of carbonyl (C=O) groups excluding carboxylic acids is 1. The second-order valence-electron chi connectivity index (χ2n) is 4.88. The number of amides is 1. The van der Waals surface area contributed by atoms with Crippen LogP contribution in [-0.4, -0.2) is 22.2 Å². The molecule has 3 N–H and O–H groups in total. The summed E-state index contributed by atoms with van der Waals surface area (Å²) < 4.78 is 39.3. The van der Waals surface area contributed by atoms with E-state index in [-0.39, 0.29) is 28.6 Å². The van der Waals surface area contributed by atoms with Gasteiger partial charge in [0.15, 0.2) is 0 Å². The van der Waals surface area contributed by atoms with Gasteiger partial charge in [0.2, 0.25) is 0 Å². The average molecular weight is 385 g/mol. The molecule has 0 aliphatic heterocycles. The number of hydrogen-bond acceptors (Lipinski definition) is 5. The summed E-state index contributed by atoms with van der Waals surface area (Å²) in [6, 6.07) is 7.22. The zero-order chi connectivity index (χ0) is 18.8. The topological polar surface area (TPSA) is 134 Å². The van der Waals surface area contributed by atoms with Crippen LogP contribution in [0.3, 0.4) is 0 Å². The maximum atomic E-state index is 14.0. The summed E-state index contributed by atoms with van der Waals surface area (Å²) in [6.07, 6.45) is 0.0918. The van der Waals surface area contributed by atoms with Gasteiger partial charge >= 0.3 is 13.3 Å². The molecule has 11 heteroatoms. The zero-order valence-electron chi connectivity index (χ0n) is 12.4. The third-order valence-electron chi connectivity index (χ3n) is 3.22. The lowest BCUT2D eigenvalue weighted by atomic mass is 10.1. The number of rotatable bonds is 5. The van der Waals surface area contributed by atoms with Crippen LogP contribution in [0, 0.1) is 22.7 Å². The van der Waals surface area contributed by atoms with Crippen molar-refractivity contribution in [2.45, 2.75) is 12.1 Å². The average Bonchev–Trinajstić information content (AvgIpc) is 2.92. The Morgan fingerprint density at radius 3 is 2.60 bits per heavy atom. The summed E-state index contributed by atoms with van der Waals surface area (Å²) in [5, 5.41) is 20.1. The van der Waals surface area contributed by atoms with Crippen molar-refractivity contribution in [3.8, 4) is 12.1 Å². The quantitative estimate of drug-likeness (QED) is 0.535. The fourth-order valence-corrected chi connectivity index (χ4v) is 3.91. The van der Waals surface area contributed by atoms with Gasteiger partial charge in [-0.25, -0.2) is 0 Å². The second-order valence-corrected chi connectivity index (χ2v) is 7.58. The number of thiophene rings is 1. The molecule has 1 aromatic carbocycles. The summed E-state index contributed by atoms with van der Waals surface area (Å²) >= 11 is 0.385. The minimum absolute atomic E-state index is 0.00329. The van der Waals surface area contributed by atoms with Gasteiger partial charge in [0, 0.05) is 22.2 Å². The molecular formula is C14H10F2N3O4PS. The van der Waals surface area contributed by atoms with E-state index in [1.165, 1.54) is 24.3 Å². The first kappa shape index (κ1) is 19.0. The lowest BCUT2D eigenvalue weighted by molar-refractivity contribution is 0.0599. The van der Waals surface area contributed by atoms with Crippen LogP contribution >= 0.6 is 18.9 Å². The molecule has 1 heterocycles. The number of nitriles is 2. The van der Waals surface area contributed by atoms with E-state index in [2.05, 4.69) is 5.32 Å². The zero-order valence-corrected chi connectivity index (χ0v) is 14.1. The summed E-state index contributed by atoms with van der Waals surface area (Å²) in [6.45, 7) is 0.101. The standard InChI is InChI=1S/C14H10F2N3O4PS/c15-14(16,24(21,22)23)12-10(7-18)9-6-8(2-3-11(9)25-12)13(20)19-5-1-4-17/h2-3,6H,1,5H2,(H,19,20)(H2,21,22,23). The summed E-state index contributed by atoms with van der Waals surface area (Å²) in [7, 11) is -5.82. The van der Waals surface area contributed by atoms with Crippen LogP contribution < -0.4 is 5.32 Å². The van der Waals surface area contributed by atoms with Gasteiger partial charge < -0.3 is 15.1 Å². The van der Waals surface area contributed by atoms with E-state index >= 15 is 0 Å². The summed E-state index contributed by atoms with van der Waals surface area (Å²) in [4.78, 5) is 28.7. The molecule has 1 amide bonds. The van der Waals surface area contributed by atoms with Crippen LogP contribution in [0.15, 0.2) is 18.2 Å². The Hall–Kier alpha value is -2.36. The van der Waals surface area contributed by atoms with Crippen molar-refractivity contribution in [3.63, 3.8) is 0 Å². The second kappa shape index (κ2) is 6.87. The van der Waals surface area contributed by atoms with Gasteiger partial charge in [-0.05, 0) is 18.2 Å². The molecule has 7 nitrogen and oxygen atoms in total. The number of alkyl halides is 2. The maximum absolute atomic E-state index is 14.0. The van der Waals surface area contributed by atoms with Crippen molar-refractivity contribution in [1.29, 1.82) is 10.5 Å². The maximum Gasteiger partial charge on any atom is 0.400 e. The molecule has 0 bridgehead atoms. The molecule has 0 spiro atoms. The molecule has 2 aromatic rings. The number of benzene rings is 1. The molecule has 0 atom stereocenters. The van der Waals surface area contributed by atoms with E-state index in [0.717, 1.165) is 0 Å². The third-order valence-corrected chi connectivity index (χ3v) is 5.57. The fourth-order valence-electron chi connectivity index (χ4n) is 2.03. The van der Waals surface area contributed by atoms with Gasteiger partial charge in [0.25, 0.3) is 5.91 Å². The number of fused-ring (bicyclic) bond motifs is 1. The Labute approximate surface area is 144 Å². The van der Waals surface area contributed by atoms with Crippen LogP contribution in [0.25, 0.3) is 10.1 Å². The van der Waals surface area contributed by atoms with Crippen molar-refractivity contribution < 1.29 is 27.9 Å². The molecule has 0 fully saturated rings. The van der Waals surface area contributed by atoms with Crippen molar-refractivity contribution in [3.05, 3.63) is 34.2 Å². The van der Waals surface area contributed by atoms with E-state index in [9.17, 15) is 23.4 Å². The first-order valence-electron chi connectivity index (χ1n) is 6.69. The molecule has 0 saturated heterocycles. The van der Waals surface area contributed by atoms with Gasteiger partial charge in [0.1, 0.15) is 10.9 Å². The van der Waals surface area contributed by atoms with Gasteiger partial charge in [-0.2, -0.15) is 19.3 Å². The molecule has 25 heavy (non-hydrogen) atoms. The summed E-state index contributed by atoms with van der Waals surface area (Å²) in [5.41, 5.74) is -5.01. The van der Waals surface area contributed by atoms with E-state index in [1.807, 2.05) is 6.07 Å². The minimum atomic E-state index is -5.82. The Morgan fingerprint density at radius 1 is 1.36 bits per heavy atom. The van der Waals surface area contributed by atoms with Crippen LogP contribution in [-0.2, 0) is 10.2 Å². The van der Waals surface area contributed by atoms with Crippen molar-refractivity contribution in [1.82, 2.24) is 5.32 Å². The number of hydrogen-bond donors (Lipinski definition) is 3. The van der Waals surface area contributed by atoms with E-state index in [0.29, 0.717) is 11.3 Å². The molecule has 0 aliphatic rings. The highest BCUT2D eigenvalue weighted by molar-refractivity contribution is 7.53. The molecular weight excluding hydrogens is 375 g/mol. The van der Waals surface area contributed by atoms with Crippen molar-refractivity contribution in [2.24, 2.45) is 0 Å². The molecule has 130 valence electrons. The Morgan fingerprint density at radius 2 is 2.04 bits per heavy atom. The summed E-state index contributed by atoms with van der Waals surface area (Å²) in [5.74, 6) is -0.560. The van der Waals surface area contributed by atoms with Crippen LogP contribution in [0.5, 0.6) is 0 Å². The number of nitrogens with zero attached hydrogens (tertiary/aromatic N) is 2. The number of halogens is 2. The highest BCUT2D eigenvalue weighted by Crippen LogP contribution is 2.62. The minimum Gasteiger partial charge on any atom is -0.351 e. The van der Waals surface area contributed by atoms with E-state index in [1.54, 1.807) is 0 Å². The number of nitrogens with one attached hydrogen (secondary N) is 1. The normalized spacial score (nSPS) is 11.8. The molecule has 0 radical (unpaired) electrons. The van der Waals surface area contributed by atoms with Crippen LogP contribution in [0.2, 0.25) is 0 Å². The third kappa shape index (κ3) is 3.53. The van der Waals surface area contributed by atoms with Gasteiger partial charge in [0.05, 0.1) is 18.1 Å².